The maximum Gasteiger partial charge on any atom is 0.0494 e. The molecule has 0 rings (SSSR count). The summed E-state index contributed by atoms with van der Waals surface area (Å²) in [6.45, 7) is 9.74. The van der Waals surface area contributed by atoms with Crippen molar-refractivity contribution in [3.05, 3.63) is 0 Å². The van der Waals surface area contributed by atoms with Crippen LogP contribution in [-0.2, 0) is 0 Å². The first-order valence-electron chi connectivity index (χ1n) is 5.40. The standard InChI is InChI=1S/C11H25NO/c1-5-7-10(6-2)12-8-11(3,4)9-13/h10,12-13H,5-9H2,1-4H3. The van der Waals surface area contributed by atoms with Crippen molar-refractivity contribution in [3.63, 3.8) is 0 Å². The second-order valence-electron chi connectivity index (χ2n) is 4.60. The van der Waals surface area contributed by atoms with E-state index in [2.05, 4.69) is 33.0 Å². The van der Waals surface area contributed by atoms with Crippen molar-refractivity contribution < 1.29 is 5.11 Å². The van der Waals surface area contributed by atoms with Crippen LogP contribution in [0.15, 0.2) is 0 Å². The molecular formula is C11H25NO. The lowest BCUT2D eigenvalue weighted by atomic mass is 9.94. The molecule has 0 bridgehead atoms. The fourth-order valence-electron chi connectivity index (χ4n) is 1.28. The van der Waals surface area contributed by atoms with Gasteiger partial charge < -0.3 is 10.4 Å². The van der Waals surface area contributed by atoms with Gasteiger partial charge in [0.1, 0.15) is 0 Å². The molecule has 1 atom stereocenters. The predicted octanol–water partition coefficient (Wildman–Crippen LogP) is 2.17. The third-order valence-electron chi connectivity index (χ3n) is 2.43. The summed E-state index contributed by atoms with van der Waals surface area (Å²) in [5.74, 6) is 0. The van der Waals surface area contributed by atoms with E-state index in [0.29, 0.717) is 6.04 Å². The third-order valence-corrected chi connectivity index (χ3v) is 2.43. The highest BCUT2D eigenvalue weighted by Crippen LogP contribution is 2.12. The molecule has 0 heterocycles. The third kappa shape index (κ3) is 6.05. The molecule has 0 fully saturated rings. The van der Waals surface area contributed by atoms with Crippen molar-refractivity contribution in [3.8, 4) is 0 Å². The highest BCUT2D eigenvalue weighted by Gasteiger charge is 2.17. The molecule has 80 valence electrons. The van der Waals surface area contributed by atoms with Crippen LogP contribution in [0.3, 0.4) is 0 Å². The van der Waals surface area contributed by atoms with Gasteiger partial charge in [-0.15, -0.1) is 0 Å². The minimum atomic E-state index is 0.0150. The van der Waals surface area contributed by atoms with Crippen LogP contribution in [0.1, 0.15) is 47.0 Å². The van der Waals surface area contributed by atoms with Crippen molar-refractivity contribution in [2.24, 2.45) is 5.41 Å². The molecule has 0 aliphatic rings. The fraction of sp³-hybridized carbons (Fsp3) is 1.00. The van der Waals surface area contributed by atoms with E-state index in [1.165, 1.54) is 19.3 Å². The second kappa shape index (κ2) is 6.39. The molecular weight excluding hydrogens is 162 g/mol. The summed E-state index contributed by atoms with van der Waals surface area (Å²) >= 11 is 0. The van der Waals surface area contributed by atoms with E-state index < -0.39 is 0 Å². The number of hydrogen-bond acceptors (Lipinski definition) is 2. The van der Waals surface area contributed by atoms with Gasteiger partial charge in [0.05, 0.1) is 0 Å². The van der Waals surface area contributed by atoms with Crippen molar-refractivity contribution in [2.45, 2.75) is 53.0 Å². The molecule has 0 aliphatic carbocycles. The summed E-state index contributed by atoms with van der Waals surface area (Å²) in [6, 6.07) is 0.621. The number of hydrogen-bond donors (Lipinski definition) is 2. The Morgan fingerprint density at radius 2 is 1.92 bits per heavy atom. The Balaban J connectivity index is 3.70. The van der Waals surface area contributed by atoms with Gasteiger partial charge >= 0.3 is 0 Å². The van der Waals surface area contributed by atoms with Crippen LogP contribution in [-0.4, -0.2) is 24.3 Å². The van der Waals surface area contributed by atoms with Crippen LogP contribution in [0.5, 0.6) is 0 Å². The molecule has 0 radical (unpaired) electrons. The quantitative estimate of drug-likeness (QED) is 0.640. The molecule has 0 saturated heterocycles. The summed E-state index contributed by atoms with van der Waals surface area (Å²) in [5, 5.41) is 12.6. The Morgan fingerprint density at radius 3 is 2.31 bits per heavy atom. The molecule has 1 unspecified atom stereocenters. The lowest BCUT2D eigenvalue weighted by Crippen LogP contribution is -2.38. The van der Waals surface area contributed by atoms with Gasteiger partial charge in [-0.2, -0.15) is 0 Å². The molecule has 0 saturated carbocycles. The summed E-state index contributed by atoms with van der Waals surface area (Å²) in [7, 11) is 0. The minimum absolute atomic E-state index is 0.0150. The molecule has 13 heavy (non-hydrogen) atoms. The Hall–Kier alpha value is -0.0800. The molecule has 2 heteroatoms. The summed E-state index contributed by atoms with van der Waals surface area (Å²) in [4.78, 5) is 0. The van der Waals surface area contributed by atoms with Gasteiger partial charge in [0.2, 0.25) is 0 Å². The number of aliphatic hydroxyl groups excluding tert-OH is 1. The smallest absolute Gasteiger partial charge is 0.0494 e. The lowest BCUT2D eigenvalue weighted by Gasteiger charge is -2.25. The van der Waals surface area contributed by atoms with E-state index in [1.54, 1.807) is 0 Å². The number of aliphatic hydroxyl groups is 1. The monoisotopic (exact) mass is 187 g/mol. The van der Waals surface area contributed by atoms with Crippen molar-refractivity contribution in [2.75, 3.05) is 13.2 Å². The zero-order valence-corrected chi connectivity index (χ0v) is 9.56. The van der Waals surface area contributed by atoms with E-state index in [0.717, 1.165) is 6.54 Å². The maximum absolute atomic E-state index is 9.07. The topological polar surface area (TPSA) is 32.3 Å². The summed E-state index contributed by atoms with van der Waals surface area (Å²) in [6.07, 6.45) is 3.64. The average molecular weight is 187 g/mol. The molecule has 0 spiro atoms. The van der Waals surface area contributed by atoms with Crippen LogP contribution in [0.2, 0.25) is 0 Å². The zero-order chi connectivity index (χ0) is 10.3. The largest absolute Gasteiger partial charge is 0.396 e. The van der Waals surface area contributed by atoms with Crippen LogP contribution in [0.25, 0.3) is 0 Å². The fourth-order valence-corrected chi connectivity index (χ4v) is 1.28. The Morgan fingerprint density at radius 1 is 1.31 bits per heavy atom. The summed E-state index contributed by atoms with van der Waals surface area (Å²) < 4.78 is 0. The highest BCUT2D eigenvalue weighted by atomic mass is 16.3. The molecule has 0 aromatic heterocycles. The van der Waals surface area contributed by atoms with Gasteiger partial charge in [0, 0.05) is 24.6 Å². The summed E-state index contributed by atoms with van der Waals surface area (Å²) in [5.41, 5.74) is 0.0150. The van der Waals surface area contributed by atoms with Crippen molar-refractivity contribution in [1.29, 1.82) is 0 Å². The van der Waals surface area contributed by atoms with Gasteiger partial charge in [0.15, 0.2) is 0 Å². The van der Waals surface area contributed by atoms with Gasteiger partial charge in [-0.25, -0.2) is 0 Å². The Labute approximate surface area is 82.7 Å². The van der Waals surface area contributed by atoms with E-state index in [-0.39, 0.29) is 12.0 Å². The minimum Gasteiger partial charge on any atom is -0.396 e. The van der Waals surface area contributed by atoms with E-state index in [4.69, 9.17) is 5.11 Å². The highest BCUT2D eigenvalue weighted by molar-refractivity contribution is 4.73. The average Bonchev–Trinajstić information content (AvgIpc) is 2.12. The Kier molecular flexibility index (Phi) is 6.35. The lowest BCUT2D eigenvalue weighted by molar-refractivity contribution is 0.152. The second-order valence-corrected chi connectivity index (χ2v) is 4.60. The van der Waals surface area contributed by atoms with Crippen molar-refractivity contribution >= 4 is 0 Å². The molecule has 0 amide bonds. The maximum atomic E-state index is 9.07. The van der Waals surface area contributed by atoms with Crippen LogP contribution in [0, 0.1) is 5.41 Å². The van der Waals surface area contributed by atoms with E-state index in [1.807, 2.05) is 0 Å². The van der Waals surface area contributed by atoms with Gasteiger partial charge in [-0.3, -0.25) is 0 Å². The van der Waals surface area contributed by atoms with Gasteiger partial charge in [-0.05, 0) is 12.8 Å². The molecule has 2 N–H and O–H groups in total. The SMILES string of the molecule is CCCC(CC)NCC(C)(C)CO. The van der Waals surface area contributed by atoms with E-state index >= 15 is 0 Å². The number of nitrogens with one attached hydrogen (secondary N) is 1. The van der Waals surface area contributed by atoms with Crippen LogP contribution < -0.4 is 5.32 Å². The molecule has 2 nitrogen and oxygen atoms in total. The predicted molar refractivity (Wildman–Crippen MR) is 57.9 cm³/mol. The first-order chi connectivity index (χ1) is 6.05. The van der Waals surface area contributed by atoms with Crippen LogP contribution >= 0.6 is 0 Å². The zero-order valence-electron chi connectivity index (χ0n) is 9.56. The van der Waals surface area contributed by atoms with E-state index in [9.17, 15) is 0 Å². The first-order valence-corrected chi connectivity index (χ1v) is 5.40. The Bertz CT molecular complexity index is 123. The van der Waals surface area contributed by atoms with Gasteiger partial charge in [-0.1, -0.05) is 34.1 Å². The normalized spacial score (nSPS) is 14.5. The first kappa shape index (κ1) is 12.9. The number of rotatable bonds is 7. The van der Waals surface area contributed by atoms with Crippen LogP contribution in [0.4, 0.5) is 0 Å². The molecule has 0 aliphatic heterocycles. The molecule has 0 aromatic rings. The van der Waals surface area contributed by atoms with Crippen molar-refractivity contribution in [1.82, 2.24) is 5.32 Å². The van der Waals surface area contributed by atoms with Gasteiger partial charge in [0.25, 0.3) is 0 Å². The molecule has 0 aromatic carbocycles.